The van der Waals surface area contributed by atoms with Crippen molar-refractivity contribution in [3.05, 3.63) is 36.2 Å². The van der Waals surface area contributed by atoms with E-state index in [9.17, 15) is 22.8 Å². The van der Waals surface area contributed by atoms with Gasteiger partial charge in [-0.15, -0.1) is 0 Å². The third-order valence-electron chi connectivity index (χ3n) is 3.44. The molecule has 1 aromatic carbocycles. The van der Waals surface area contributed by atoms with Gasteiger partial charge in [-0.2, -0.15) is 13.2 Å². The monoisotopic (exact) mass is 371 g/mol. The van der Waals surface area contributed by atoms with Crippen molar-refractivity contribution in [3.8, 4) is 17.1 Å². The molecule has 0 fully saturated rings. The quantitative estimate of drug-likeness (QED) is 0.756. The number of amides is 1. The summed E-state index contributed by atoms with van der Waals surface area (Å²) in [6, 6.07) is 5.46. The van der Waals surface area contributed by atoms with Crippen LogP contribution in [0.3, 0.4) is 0 Å². The van der Waals surface area contributed by atoms with Crippen LogP contribution in [-0.4, -0.2) is 48.3 Å². The summed E-state index contributed by atoms with van der Waals surface area (Å²) >= 11 is 0. The fraction of sp³-hybridized carbons (Fsp3) is 0.312. The molecule has 7 nitrogen and oxygen atoms in total. The molecule has 1 aromatic heterocycles. The number of benzene rings is 1. The summed E-state index contributed by atoms with van der Waals surface area (Å²) in [4.78, 5) is 29.8. The van der Waals surface area contributed by atoms with E-state index in [2.05, 4.69) is 14.7 Å². The van der Waals surface area contributed by atoms with Gasteiger partial charge >= 0.3 is 18.1 Å². The van der Waals surface area contributed by atoms with E-state index in [1.165, 1.54) is 13.3 Å². The number of halogens is 3. The number of alkyl halides is 3. The maximum atomic E-state index is 12.4. The largest absolute Gasteiger partial charge is 0.497 e. The van der Waals surface area contributed by atoms with E-state index in [1.54, 1.807) is 29.6 Å². The van der Waals surface area contributed by atoms with Gasteiger partial charge in [-0.05, 0) is 12.1 Å². The highest BCUT2D eigenvalue weighted by Crippen LogP contribution is 2.22. The second kappa shape index (κ2) is 7.89. The third kappa shape index (κ3) is 4.74. The van der Waals surface area contributed by atoms with Crippen LogP contribution in [-0.2, 0) is 20.7 Å². The van der Waals surface area contributed by atoms with Crippen LogP contribution in [0.25, 0.3) is 11.4 Å². The number of nitrogens with zero attached hydrogens (tertiary/aromatic N) is 1. The lowest BCUT2D eigenvalue weighted by Crippen LogP contribution is -2.48. The maximum absolute atomic E-state index is 12.4. The van der Waals surface area contributed by atoms with Gasteiger partial charge in [-0.1, -0.05) is 12.1 Å². The average Bonchev–Trinajstić information content (AvgIpc) is 3.08. The van der Waals surface area contributed by atoms with Crippen LogP contribution in [0, 0.1) is 0 Å². The number of rotatable bonds is 6. The molecule has 1 atom stereocenters. The number of carbonyl (C=O) groups is 2. The van der Waals surface area contributed by atoms with E-state index in [0.717, 1.165) is 7.11 Å². The van der Waals surface area contributed by atoms with Crippen molar-refractivity contribution in [3.63, 3.8) is 0 Å². The molecule has 0 aliphatic heterocycles. The molecule has 0 saturated carbocycles. The van der Waals surface area contributed by atoms with Gasteiger partial charge in [-0.25, -0.2) is 9.78 Å². The molecule has 1 heterocycles. The first-order chi connectivity index (χ1) is 12.2. The van der Waals surface area contributed by atoms with Crippen molar-refractivity contribution in [2.75, 3.05) is 14.2 Å². The molecule has 140 valence electrons. The van der Waals surface area contributed by atoms with Crippen molar-refractivity contribution < 1.29 is 32.2 Å². The summed E-state index contributed by atoms with van der Waals surface area (Å²) in [6.45, 7) is 0. The van der Waals surface area contributed by atoms with Crippen molar-refractivity contribution >= 4 is 11.9 Å². The van der Waals surface area contributed by atoms with Crippen molar-refractivity contribution in [1.29, 1.82) is 0 Å². The molecule has 0 aliphatic carbocycles. The Morgan fingerprint density at radius 2 is 2.04 bits per heavy atom. The Hall–Kier alpha value is -3.04. The number of ether oxygens (including phenoxy) is 2. The minimum atomic E-state index is -5.11. The molecule has 0 radical (unpaired) electrons. The minimum Gasteiger partial charge on any atom is -0.497 e. The van der Waals surface area contributed by atoms with Crippen LogP contribution >= 0.6 is 0 Å². The van der Waals surface area contributed by atoms with E-state index in [-0.39, 0.29) is 6.42 Å². The first-order valence-corrected chi connectivity index (χ1v) is 7.38. The Balaban J connectivity index is 2.17. The molecule has 2 aromatic rings. The summed E-state index contributed by atoms with van der Waals surface area (Å²) in [6.07, 6.45) is -3.98. The lowest BCUT2D eigenvalue weighted by Gasteiger charge is -2.16. The zero-order chi connectivity index (χ0) is 19.3. The number of esters is 1. The molecule has 1 amide bonds. The maximum Gasteiger partial charge on any atom is 0.471 e. The van der Waals surface area contributed by atoms with Crippen LogP contribution in [0.5, 0.6) is 5.75 Å². The second-order valence-corrected chi connectivity index (χ2v) is 5.24. The number of imidazole rings is 1. The molecule has 0 saturated heterocycles. The topological polar surface area (TPSA) is 93.3 Å². The zero-order valence-corrected chi connectivity index (χ0v) is 13.9. The summed E-state index contributed by atoms with van der Waals surface area (Å²) in [5.74, 6) is -2.18. The highest BCUT2D eigenvalue weighted by Gasteiger charge is 2.41. The van der Waals surface area contributed by atoms with E-state index >= 15 is 0 Å². The number of nitrogens with one attached hydrogen (secondary N) is 2. The number of carbonyl (C=O) groups excluding carboxylic acids is 2. The molecule has 2 N–H and O–H groups in total. The minimum absolute atomic E-state index is 0.245. The third-order valence-corrected chi connectivity index (χ3v) is 3.44. The van der Waals surface area contributed by atoms with Crippen LogP contribution in [0.1, 0.15) is 5.69 Å². The molecule has 10 heteroatoms. The molecular weight excluding hydrogens is 355 g/mol. The first kappa shape index (κ1) is 19.3. The molecule has 0 bridgehead atoms. The normalized spacial score (nSPS) is 12.3. The van der Waals surface area contributed by atoms with E-state index in [1.807, 2.05) is 0 Å². The van der Waals surface area contributed by atoms with Crippen molar-refractivity contribution in [2.45, 2.75) is 18.6 Å². The Morgan fingerprint density at radius 3 is 2.65 bits per heavy atom. The van der Waals surface area contributed by atoms with E-state index in [0.29, 0.717) is 22.8 Å². The molecular formula is C16H16F3N3O4. The van der Waals surface area contributed by atoms with Gasteiger partial charge in [0, 0.05) is 23.9 Å². The Morgan fingerprint density at radius 1 is 1.31 bits per heavy atom. The summed E-state index contributed by atoms with van der Waals surface area (Å²) in [5.41, 5.74) is 1.03. The standard InChI is InChI=1S/C16H16F3N3O4/c1-25-11-5-3-4-9(6-11)13-20-8-10(21-13)7-12(14(23)26-2)22-15(24)16(17,18)19/h3-6,8,12H,7H2,1-2H3,(H,20,21)(H,22,24)/t12-/m0/s1. The highest BCUT2D eigenvalue weighted by molar-refractivity contribution is 5.87. The number of H-pyrrole nitrogens is 1. The SMILES string of the molecule is COC(=O)[C@H](Cc1cnc(-c2cccc(OC)c2)[nH]1)NC(=O)C(F)(F)F. The van der Waals surface area contributed by atoms with Crippen molar-refractivity contribution in [1.82, 2.24) is 15.3 Å². The fourth-order valence-electron chi connectivity index (χ4n) is 2.18. The highest BCUT2D eigenvalue weighted by atomic mass is 19.4. The lowest BCUT2D eigenvalue weighted by atomic mass is 10.1. The van der Waals surface area contributed by atoms with Crippen LogP contribution in [0.15, 0.2) is 30.5 Å². The van der Waals surface area contributed by atoms with Gasteiger partial charge in [0.15, 0.2) is 0 Å². The van der Waals surface area contributed by atoms with E-state index in [4.69, 9.17) is 4.74 Å². The molecule has 26 heavy (non-hydrogen) atoms. The van der Waals surface area contributed by atoms with Gasteiger partial charge in [0.1, 0.15) is 17.6 Å². The average molecular weight is 371 g/mol. The van der Waals surface area contributed by atoms with E-state index < -0.39 is 24.1 Å². The summed E-state index contributed by atoms with van der Waals surface area (Å²) < 4.78 is 46.8. The van der Waals surface area contributed by atoms with Gasteiger partial charge < -0.3 is 19.8 Å². The Bertz CT molecular complexity index is 789. The van der Waals surface area contributed by atoms with Crippen LogP contribution in [0.2, 0.25) is 0 Å². The lowest BCUT2D eigenvalue weighted by molar-refractivity contribution is -0.175. The number of aromatic nitrogens is 2. The number of aromatic amines is 1. The number of hydrogen-bond acceptors (Lipinski definition) is 5. The Kier molecular flexibility index (Phi) is 5.86. The fourth-order valence-corrected chi connectivity index (χ4v) is 2.18. The molecule has 2 rings (SSSR count). The second-order valence-electron chi connectivity index (χ2n) is 5.24. The van der Waals surface area contributed by atoms with Gasteiger partial charge in [0.05, 0.1) is 14.2 Å². The van der Waals surface area contributed by atoms with Gasteiger partial charge in [-0.3, -0.25) is 4.79 Å². The van der Waals surface area contributed by atoms with Crippen LogP contribution in [0.4, 0.5) is 13.2 Å². The summed E-state index contributed by atoms with van der Waals surface area (Å²) in [7, 11) is 2.53. The predicted octanol–water partition coefficient (Wildman–Crippen LogP) is 1.85. The molecule has 0 aliphatic rings. The summed E-state index contributed by atoms with van der Waals surface area (Å²) in [5, 5.41) is 1.62. The van der Waals surface area contributed by atoms with Gasteiger partial charge in [0.25, 0.3) is 0 Å². The zero-order valence-electron chi connectivity index (χ0n) is 13.9. The molecule has 0 unspecified atom stereocenters. The van der Waals surface area contributed by atoms with Crippen LogP contribution < -0.4 is 10.1 Å². The predicted molar refractivity (Wildman–Crippen MR) is 84.3 cm³/mol. The number of hydrogen-bond donors (Lipinski definition) is 2. The molecule has 0 spiro atoms. The van der Waals surface area contributed by atoms with Crippen molar-refractivity contribution in [2.24, 2.45) is 0 Å². The Labute approximate surface area is 146 Å². The number of methoxy groups -OCH3 is 2. The van der Waals surface area contributed by atoms with Gasteiger partial charge in [0.2, 0.25) is 0 Å². The first-order valence-electron chi connectivity index (χ1n) is 7.38. The smallest absolute Gasteiger partial charge is 0.471 e.